The van der Waals surface area contributed by atoms with Gasteiger partial charge in [0.25, 0.3) is 0 Å². The quantitative estimate of drug-likeness (QED) is 0.498. The van der Waals surface area contributed by atoms with Crippen molar-refractivity contribution in [2.24, 2.45) is 16.1 Å². The molecule has 0 aliphatic carbocycles. The van der Waals surface area contributed by atoms with Crippen LogP contribution in [0.15, 0.2) is 29.3 Å². The Bertz CT molecular complexity index is 566. The lowest BCUT2D eigenvalue weighted by molar-refractivity contribution is 0.269. The van der Waals surface area contributed by atoms with Gasteiger partial charge >= 0.3 is 0 Å². The molecule has 21 heavy (non-hydrogen) atoms. The number of rotatable bonds is 2. The topological polar surface area (TPSA) is 59.6 Å². The molecule has 0 aromatic heterocycles. The van der Waals surface area contributed by atoms with Crippen LogP contribution in [-0.4, -0.2) is 18.6 Å². The Labute approximate surface area is 126 Å². The molecule has 3 N–H and O–H groups in total. The average Bonchev–Trinajstić information content (AvgIpc) is 2.44. The molecule has 0 bridgehead atoms. The predicted molar refractivity (Wildman–Crippen MR) is 86.1 cm³/mol. The SMILES string of the molecule is C#CC(NC(N)=NC1CCOc2ccccc21)C(C)(C)C. The number of nitrogens with zero attached hydrogens (tertiary/aromatic N) is 1. The second kappa shape index (κ2) is 6.09. The third-order valence-electron chi connectivity index (χ3n) is 3.55. The first-order chi connectivity index (χ1) is 9.91. The van der Waals surface area contributed by atoms with Gasteiger partial charge in [-0.15, -0.1) is 6.42 Å². The lowest BCUT2D eigenvalue weighted by Gasteiger charge is -2.28. The fourth-order valence-electron chi connectivity index (χ4n) is 2.32. The number of fused-ring (bicyclic) bond motifs is 1. The number of guanidine groups is 1. The van der Waals surface area contributed by atoms with Crippen molar-refractivity contribution in [2.45, 2.75) is 39.3 Å². The number of ether oxygens (including phenoxy) is 1. The number of benzene rings is 1. The smallest absolute Gasteiger partial charge is 0.190 e. The third-order valence-corrected chi connectivity index (χ3v) is 3.55. The van der Waals surface area contributed by atoms with Gasteiger partial charge in [-0.2, -0.15) is 0 Å². The van der Waals surface area contributed by atoms with Crippen LogP contribution in [0.3, 0.4) is 0 Å². The summed E-state index contributed by atoms with van der Waals surface area (Å²) >= 11 is 0. The van der Waals surface area contributed by atoms with Crippen LogP contribution < -0.4 is 15.8 Å². The van der Waals surface area contributed by atoms with E-state index in [9.17, 15) is 0 Å². The van der Waals surface area contributed by atoms with E-state index < -0.39 is 0 Å². The van der Waals surface area contributed by atoms with Crippen molar-refractivity contribution in [3.63, 3.8) is 0 Å². The van der Waals surface area contributed by atoms with E-state index in [1.54, 1.807) is 0 Å². The Hall–Kier alpha value is -2.15. The monoisotopic (exact) mass is 285 g/mol. The van der Waals surface area contributed by atoms with Crippen molar-refractivity contribution in [3.8, 4) is 18.1 Å². The molecular weight excluding hydrogens is 262 g/mol. The summed E-state index contributed by atoms with van der Waals surface area (Å²) < 4.78 is 5.63. The molecule has 2 rings (SSSR count). The molecule has 4 heteroatoms. The van der Waals surface area contributed by atoms with Crippen molar-refractivity contribution < 1.29 is 4.74 Å². The number of hydrogen-bond donors (Lipinski definition) is 2. The average molecular weight is 285 g/mol. The fraction of sp³-hybridized carbons (Fsp3) is 0.471. The summed E-state index contributed by atoms with van der Waals surface area (Å²) in [5.74, 6) is 4.00. The maximum atomic E-state index is 6.04. The molecule has 2 atom stereocenters. The van der Waals surface area contributed by atoms with Gasteiger partial charge in [-0.1, -0.05) is 44.9 Å². The number of nitrogens with two attached hydrogens (primary N) is 1. The van der Waals surface area contributed by atoms with Gasteiger partial charge in [0.15, 0.2) is 5.96 Å². The van der Waals surface area contributed by atoms with Crippen LogP contribution in [-0.2, 0) is 0 Å². The first-order valence-corrected chi connectivity index (χ1v) is 7.19. The van der Waals surface area contributed by atoms with Gasteiger partial charge in [-0.25, -0.2) is 4.99 Å². The minimum atomic E-state index is -0.156. The second-order valence-corrected chi connectivity index (χ2v) is 6.32. The number of nitrogens with one attached hydrogen (secondary N) is 1. The van der Waals surface area contributed by atoms with Crippen LogP contribution in [0.5, 0.6) is 5.75 Å². The molecule has 0 fully saturated rings. The summed E-state index contributed by atoms with van der Waals surface area (Å²) in [6, 6.07) is 7.79. The molecule has 1 aliphatic heterocycles. The highest BCUT2D eigenvalue weighted by Crippen LogP contribution is 2.34. The number of para-hydroxylation sites is 1. The lowest BCUT2D eigenvalue weighted by atomic mass is 9.87. The maximum absolute atomic E-state index is 6.04. The minimum absolute atomic E-state index is 0.0147. The van der Waals surface area contributed by atoms with Crippen molar-refractivity contribution in [3.05, 3.63) is 29.8 Å². The predicted octanol–water partition coefficient (Wildman–Crippen LogP) is 2.46. The van der Waals surface area contributed by atoms with Gasteiger partial charge < -0.3 is 15.8 Å². The zero-order valence-corrected chi connectivity index (χ0v) is 12.9. The van der Waals surface area contributed by atoms with Gasteiger partial charge in [0.1, 0.15) is 5.75 Å². The Kier molecular flexibility index (Phi) is 4.42. The van der Waals surface area contributed by atoms with Crippen LogP contribution in [0.1, 0.15) is 38.8 Å². The molecule has 1 aliphatic rings. The minimum Gasteiger partial charge on any atom is -0.493 e. The molecule has 1 aromatic carbocycles. The first-order valence-electron chi connectivity index (χ1n) is 7.19. The molecular formula is C17H23N3O. The molecule has 4 nitrogen and oxygen atoms in total. The number of terminal acetylenes is 1. The highest BCUT2D eigenvalue weighted by molar-refractivity contribution is 5.79. The van der Waals surface area contributed by atoms with Crippen LogP contribution >= 0.6 is 0 Å². The summed E-state index contributed by atoms with van der Waals surface area (Å²) in [6.07, 6.45) is 6.39. The van der Waals surface area contributed by atoms with Gasteiger partial charge in [-0.05, 0) is 11.5 Å². The number of aliphatic imine (C=N–C) groups is 1. The zero-order chi connectivity index (χ0) is 15.5. The van der Waals surface area contributed by atoms with Gasteiger partial charge in [-0.3, -0.25) is 0 Å². The van der Waals surface area contributed by atoms with E-state index >= 15 is 0 Å². The molecule has 0 spiro atoms. The summed E-state index contributed by atoms with van der Waals surface area (Å²) in [4.78, 5) is 4.59. The second-order valence-electron chi connectivity index (χ2n) is 6.32. The van der Waals surface area contributed by atoms with Crippen molar-refractivity contribution in [2.75, 3.05) is 6.61 Å². The molecule has 1 heterocycles. The fourth-order valence-corrected chi connectivity index (χ4v) is 2.32. The molecule has 2 unspecified atom stereocenters. The van der Waals surface area contributed by atoms with Gasteiger partial charge in [0.05, 0.1) is 18.7 Å². The van der Waals surface area contributed by atoms with E-state index in [-0.39, 0.29) is 17.5 Å². The summed E-state index contributed by atoms with van der Waals surface area (Å²) in [6.45, 7) is 6.86. The summed E-state index contributed by atoms with van der Waals surface area (Å²) in [5, 5.41) is 3.14. The van der Waals surface area contributed by atoms with Gasteiger partial charge in [0.2, 0.25) is 0 Å². The molecule has 1 aromatic rings. The zero-order valence-electron chi connectivity index (χ0n) is 12.9. The molecule has 112 valence electrons. The van der Waals surface area contributed by atoms with E-state index in [1.807, 2.05) is 24.3 Å². The summed E-state index contributed by atoms with van der Waals surface area (Å²) in [7, 11) is 0. The highest BCUT2D eigenvalue weighted by atomic mass is 16.5. The Morgan fingerprint density at radius 3 is 2.86 bits per heavy atom. The van der Waals surface area contributed by atoms with E-state index in [0.717, 1.165) is 17.7 Å². The highest BCUT2D eigenvalue weighted by Gasteiger charge is 2.24. The first kappa shape index (κ1) is 15.2. The third kappa shape index (κ3) is 3.69. The van der Waals surface area contributed by atoms with E-state index in [0.29, 0.717) is 12.6 Å². The Balaban J connectivity index is 2.16. The molecule has 0 amide bonds. The maximum Gasteiger partial charge on any atom is 0.190 e. The Morgan fingerprint density at radius 2 is 2.19 bits per heavy atom. The van der Waals surface area contributed by atoms with Crippen molar-refractivity contribution in [1.82, 2.24) is 5.32 Å². The van der Waals surface area contributed by atoms with Crippen molar-refractivity contribution in [1.29, 1.82) is 0 Å². The molecule has 0 saturated heterocycles. The van der Waals surface area contributed by atoms with Crippen LogP contribution in [0, 0.1) is 17.8 Å². The standard InChI is InChI=1S/C17H23N3O/c1-5-15(17(2,3)4)20-16(18)19-13-10-11-21-14-9-7-6-8-12(13)14/h1,6-9,13,15H,10-11H2,2-4H3,(H3,18,19,20). The molecule has 0 saturated carbocycles. The van der Waals surface area contributed by atoms with Crippen LogP contribution in [0.2, 0.25) is 0 Å². The largest absolute Gasteiger partial charge is 0.493 e. The van der Waals surface area contributed by atoms with Crippen LogP contribution in [0.25, 0.3) is 0 Å². The van der Waals surface area contributed by atoms with Crippen LogP contribution in [0.4, 0.5) is 0 Å². The summed E-state index contributed by atoms with van der Waals surface area (Å²) in [5.41, 5.74) is 7.03. The molecule has 0 radical (unpaired) electrons. The number of hydrogen-bond acceptors (Lipinski definition) is 2. The van der Waals surface area contributed by atoms with Crippen molar-refractivity contribution >= 4 is 5.96 Å². The lowest BCUT2D eigenvalue weighted by Crippen LogP contribution is -2.46. The van der Waals surface area contributed by atoms with Gasteiger partial charge in [0, 0.05) is 12.0 Å². The van der Waals surface area contributed by atoms with E-state index in [4.69, 9.17) is 16.9 Å². The van der Waals surface area contributed by atoms with E-state index in [2.05, 4.69) is 37.0 Å². The Morgan fingerprint density at radius 1 is 1.48 bits per heavy atom. The van der Waals surface area contributed by atoms with E-state index in [1.165, 1.54) is 0 Å². The normalized spacial score (nSPS) is 19.9.